The quantitative estimate of drug-likeness (QED) is 0.384. The molecule has 1 amide bonds. The molecule has 0 fully saturated rings. The molecular formula is C23H22N4O2S2. The average molecular weight is 451 g/mol. The summed E-state index contributed by atoms with van der Waals surface area (Å²) in [7, 11) is 1.64. The third kappa shape index (κ3) is 4.98. The molecule has 0 saturated carbocycles. The molecule has 0 aliphatic carbocycles. The van der Waals surface area contributed by atoms with Crippen LogP contribution in [0.15, 0.2) is 77.3 Å². The maximum atomic E-state index is 12.5. The normalized spacial score (nSPS) is 11.8. The predicted molar refractivity (Wildman–Crippen MR) is 125 cm³/mol. The van der Waals surface area contributed by atoms with E-state index in [4.69, 9.17) is 4.74 Å². The van der Waals surface area contributed by atoms with Gasteiger partial charge in [0.1, 0.15) is 5.75 Å². The van der Waals surface area contributed by atoms with E-state index in [9.17, 15) is 4.79 Å². The number of methoxy groups -OCH3 is 1. The molecule has 1 atom stereocenters. The van der Waals surface area contributed by atoms with E-state index >= 15 is 0 Å². The van der Waals surface area contributed by atoms with Crippen molar-refractivity contribution in [3.8, 4) is 22.8 Å². The number of carbonyl (C=O) groups excluding carboxylic acids is 1. The number of para-hydroxylation sites is 1. The Labute approximate surface area is 189 Å². The van der Waals surface area contributed by atoms with E-state index in [1.807, 2.05) is 83.6 Å². The van der Waals surface area contributed by atoms with Gasteiger partial charge in [0.05, 0.1) is 18.9 Å². The van der Waals surface area contributed by atoms with E-state index in [0.717, 1.165) is 21.9 Å². The van der Waals surface area contributed by atoms with E-state index in [1.165, 1.54) is 11.8 Å². The topological polar surface area (TPSA) is 69.0 Å². The van der Waals surface area contributed by atoms with Crippen molar-refractivity contribution in [1.82, 2.24) is 20.1 Å². The highest BCUT2D eigenvalue weighted by Crippen LogP contribution is 2.29. The second-order valence-corrected chi connectivity index (χ2v) is 8.72. The highest BCUT2D eigenvalue weighted by molar-refractivity contribution is 7.99. The van der Waals surface area contributed by atoms with E-state index in [-0.39, 0.29) is 17.7 Å². The summed E-state index contributed by atoms with van der Waals surface area (Å²) in [4.78, 5) is 13.7. The molecule has 2 aromatic carbocycles. The minimum absolute atomic E-state index is 0.0186. The Kier molecular flexibility index (Phi) is 6.69. The number of carbonyl (C=O) groups is 1. The number of thioether (sulfide) groups is 1. The second kappa shape index (κ2) is 9.80. The molecule has 0 spiro atoms. The Morgan fingerprint density at radius 3 is 2.55 bits per heavy atom. The molecule has 0 saturated heterocycles. The number of rotatable bonds is 8. The minimum atomic E-state index is -0.0421. The van der Waals surface area contributed by atoms with Crippen LogP contribution in [0.5, 0.6) is 5.75 Å². The molecular weight excluding hydrogens is 428 g/mol. The molecule has 2 aromatic heterocycles. The van der Waals surface area contributed by atoms with Crippen molar-refractivity contribution >= 4 is 29.0 Å². The van der Waals surface area contributed by atoms with Crippen LogP contribution in [0.4, 0.5) is 0 Å². The fourth-order valence-corrected chi connectivity index (χ4v) is 4.62. The third-order valence-corrected chi connectivity index (χ3v) is 6.66. The van der Waals surface area contributed by atoms with Gasteiger partial charge in [-0.15, -0.1) is 21.5 Å². The van der Waals surface area contributed by atoms with Crippen LogP contribution in [0.3, 0.4) is 0 Å². The number of hydrogen-bond acceptors (Lipinski definition) is 6. The van der Waals surface area contributed by atoms with E-state index in [1.54, 1.807) is 18.4 Å². The Morgan fingerprint density at radius 1 is 1.10 bits per heavy atom. The zero-order valence-electron chi connectivity index (χ0n) is 17.2. The SMILES string of the molecule is COc1ccc(-c2nnc(SCC(=O)NC(C)c3cccs3)n2-c2ccccc2)cc1. The van der Waals surface area contributed by atoms with Crippen LogP contribution >= 0.6 is 23.1 Å². The number of nitrogens with zero attached hydrogens (tertiary/aromatic N) is 3. The lowest BCUT2D eigenvalue weighted by Crippen LogP contribution is -2.27. The van der Waals surface area contributed by atoms with Gasteiger partial charge in [-0.1, -0.05) is 36.0 Å². The van der Waals surface area contributed by atoms with Crippen LogP contribution < -0.4 is 10.1 Å². The molecule has 8 heteroatoms. The van der Waals surface area contributed by atoms with Crippen molar-refractivity contribution < 1.29 is 9.53 Å². The molecule has 4 rings (SSSR count). The summed E-state index contributed by atoms with van der Waals surface area (Å²) in [5.41, 5.74) is 1.85. The standard InChI is InChI=1S/C23H22N4O2S2/c1-16(20-9-6-14-30-20)24-21(28)15-31-23-26-25-22(17-10-12-19(29-2)13-11-17)27(23)18-7-4-3-5-8-18/h3-14,16H,15H2,1-2H3,(H,24,28). The Balaban J connectivity index is 1.56. The number of nitrogens with one attached hydrogen (secondary N) is 1. The van der Waals surface area contributed by atoms with Gasteiger partial charge >= 0.3 is 0 Å². The Bertz CT molecular complexity index is 1130. The summed E-state index contributed by atoms with van der Waals surface area (Å²) in [6.45, 7) is 1.99. The van der Waals surface area contributed by atoms with Gasteiger partial charge in [-0.2, -0.15) is 0 Å². The monoisotopic (exact) mass is 450 g/mol. The van der Waals surface area contributed by atoms with Gasteiger partial charge in [0.25, 0.3) is 0 Å². The van der Waals surface area contributed by atoms with Gasteiger partial charge in [-0.3, -0.25) is 9.36 Å². The Hall–Kier alpha value is -3.10. The highest BCUT2D eigenvalue weighted by Gasteiger charge is 2.18. The summed E-state index contributed by atoms with van der Waals surface area (Å²) >= 11 is 3.00. The molecule has 0 aliphatic heterocycles. The number of aromatic nitrogens is 3. The first-order valence-corrected chi connectivity index (χ1v) is 11.6. The number of benzene rings is 2. The first kappa shape index (κ1) is 21.1. The second-order valence-electron chi connectivity index (χ2n) is 6.80. The molecule has 2 heterocycles. The van der Waals surface area contributed by atoms with Crippen LogP contribution in [0, 0.1) is 0 Å². The van der Waals surface area contributed by atoms with Gasteiger partial charge in [-0.25, -0.2) is 0 Å². The maximum absolute atomic E-state index is 12.5. The van der Waals surface area contributed by atoms with Crippen LogP contribution in [0.25, 0.3) is 17.1 Å². The van der Waals surface area contributed by atoms with Crippen LogP contribution in [-0.2, 0) is 4.79 Å². The number of hydrogen-bond donors (Lipinski definition) is 1. The van der Waals surface area contributed by atoms with Crippen molar-refractivity contribution in [1.29, 1.82) is 0 Å². The van der Waals surface area contributed by atoms with Gasteiger partial charge in [0.15, 0.2) is 11.0 Å². The maximum Gasteiger partial charge on any atom is 0.230 e. The third-order valence-electron chi connectivity index (χ3n) is 4.68. The molecule has 1 N–H and O–H groups in total. The van der Waals surface area contributed by atoms with Gasteiger partial charge < -0.3 is 10.1 Å². The fraction of sp³-hybridized carbons (Fsp3) is 0.174. The van der Waals surface area contributed by atoms with Crippen molar-refractivity contribution in [2.75, 3.05) is 12.9 Å². The Morgan fingerprint density at radius 2 is 1.87 bits per heavy atom. The lowest BCUT2D eigenvalue weighted by molar-refractivity contribution is -0.119. The van der Waals surface area contributed by atoms with Gasteiger partial charge in [0, 0.05) is 16.1 Å². The molecule has 6 nitrogen and oxygen atoms in total. The lowest BCUT2D eigenvalue weighted by atomic mass is 10.2. The highest BCUT2D eigenvalue weighted by atomic mass is 32.2. The van der Waals surface area contributed by atoms with Gasteiger partial charge in [-0.05, 0) is 54.8 Å². The van der Waals surface area contributed by atoms with Crippen LogP contribution in [-0.4, -0.2) is 33.5 Å². The minimum Gasteiger partial charge on any atom is -0.497 e. The summed E-state index contributed by atoms with van der Waals surface area (Å²) in [5, 5.41) is 14.5. The first-order valence-electron chi connectivity index (χ1n) is 9.76. The number of ether oxygens (including phenoxy) is 1. The lowest BCUT2D eigenvalue weighted by Gasteiger charge is -2.13. The molecule has 0 bridgehead atoms. The summed E-state index contributed by atoms with van der Waals surface area (Å²) in [6, 6.07) is 21.6. The zero-order chi connectivity index (χ0) is 21.6. The van der Waals surface area contributed by atoms with Crippen LogP contribution in [0.2, 0.25) is 0 Å². The molecule has 1 unspecified atom stereocenters. The predicted octanol–water partition coefficient (Wildman–Crippen LogP) is 4.97. The van der Waals surface area contributed by atoms with E-state index < -0.39 is 0 Å². The summed E-state index contributed by atoms with van der Waals surface area (Å²) < 4.78 is 7.23. The van der Waals surface area contributed by atoms with E-state index in [2.05, 4.69) is 15.5 Å². The zero-order valence-corrected chi connectivity index (χ0v) is 18.8. The average Bonchev–Trinajstić information content (AvgIpc) is 3.49. The summed E-state index contributed by atoms with van der Waals surface area (Å²) in [5.74, 6) is 1.70. The molecule has 0 aliphatic rings. The van der Waals surface area contributed by atoms with Crippen LogP contribution in [0.1, 0.15) is 17.8 Å². The number of thiophene rings is 1. The summed E-state index contributed by atoms with van der Waals surface area (Å²) in [6.07, 6.45) is 0. The smallest absolute Gasteiger partial charge is 0.230 e. The van der Waals surface area contributed by atoms with Crippen molar-refractivity contribution in [3.05, 3.63) is 77.0 Å². The molecule has 158 valence electrons. The fourth-order valence-electron chi connectivity index (χ4n) is 3.12. The molecule has 0 radical (unpaired) electrons. The van der Waals surface area contributed by atoms with Gasteiger partial charge in [0.2, 0.25) is 5.91 Å². The molecule has 4 aromatic rings. The van der Waals surface area contributed by atoms with Crippen molar-refractivity contribution in [3.63, 3.8) is 0 Å². The van der Waals surface area contributed by atoms with E-state index in [0.29, 0.717) is 11.0 Å². The molecule has 31 heavy (non-hydrogen) atoms. The first-order chi connectivity index (χ1) is 15.2. The van der Waals surface area contributed by atoms with Crippen molar-refractivity contribution in [2.45, 2.75) is 18.1 Å². The largest absolute Gasteiger partial charge is 0.497 e. The number of amides is 1. The van der Waals surface area contributed by atoms with Crippen molar-refractivity contribution in [2.24, 2.45) is 0 Å².